The second-order valence-electron chi connectivity index (χ2n) is 5.67. The topological polar surface area (TPSA) is 95.7 Å². The van der Waals surface area contributed by atoms with Crippen LogP contribution in [0.2, 0.25) is 0 Å². The predicted molar refractivity (Wildman–Crippen MR) is 111 cm³/mol. The van der Waals surface area contributed by atoms with Gasteiger partial charge in [0.1, 0.15) is 0 Å². The highest BCUT2D eigenvalue weighted by Crippen LogP contribution is 2.07. The molecule has 2 N–H and O–H groups in total. The summed E-state index contributed by atoms with van der Waals surface area (Å²) in [6.45, 7) is 5.42. The van der Waals surface area contributed by atoms with E-state index in [0.717, 1.165) is 12.1 Å². The quantitative estimate of drug-likeness (QED) is 0.379. The summed E-state index contributed by atoms with van der Waals surface area (Å²) in [5, 5.41) is 10.2. The lowest BCUT2D eigenvalue weighted by atomic mass is 10.1. The van der Waals surface area contributed by atoms with Gasteiger partial charge in [0, 0.05) is 33.1 Å². The predicted octanol–water partition coefficient (Wildman–Crippen LogP) is 1.95. The Morgan fingerprint density at radius 2 is 1.92 bits per heavy atom. The summed E-state index contributed by atoms with van der Waals surface area (Å²) in [4.78, 5) is 22.1. The molecule has 1 aromatic carbocycles. The number of aromatic nitrogens is 2. The molecule has 0 spiro atoms. The molecule has 0 aliphatic rings. The minimum atomic E-state index is -0.0135. The van der Waals surface area contributed by atoms with Gasteiger partial charge in [-0.1, -0.05) is 17.3 Å². The van der Waals surface area contributed by atoms with Crippen molar-refractivity contribution in [3.63, 3.8) is 0 Å². The standard InChI is InChI=1S/C17H24N6O2.HI/c1-5-18-17(20-11-15-21-12(2)25-22-15)19-10-13-6-8-14(9-7-13)16(24)23(3)4;/h6-9H,5,10-11H2,1-4H3,(H2,18,19,20);1H. The van der Waals surface area contributed by atoms with Crippen LogP contribution in [-0.2, 0) is 13.1 Å². The molecule has 0 atom stereocenters. The van der Waals surface area contributed by atoms with Crippen molar-refractivity contribution in [1.82, 2.24) is 25.7 Å². The highest BCUT2D eigenvalue weighted by Gasteiger charge is 2.07. The Balaban J connectivity index is 0.00000338. The maximum atomic E-state index is 11.9. The van der Waals surface area contributed by atoms with Gasteiger partial charge in [-0.15, -0.1) is 24.0 Å². The lowest BCUT2D eigenvalue weighted by Gasteiger charge is -2.11. The average molecular weight is 472 g/mol. The lowest BCUT2D eigenvalue weighted by Crippen LogP contribution is -2.37. The number of guanidine groups is 1. The van der Waals surface area contributed by atoms with Crippen LogP contribution in [0.3, 0.4) is 0 Å². The first kappa shape index (κ1) is 21.9. The van der Waals surface area contributed by atoms with Crippen molar-refractivity contribution in [1.29, 1.82) is 0 Å². The fourth-order valence-corrected chi connectivity index (χ4v) is 2.10. The summed E-state index contributed by atoms with van der Waals surface area (Å²) in [5.74, 6) is 1.76. The van der Waals surface area contributed by atoms with Crippen molar-refractivity contribution >= 4 is 35.8 Å². The minimum Gasteiger partial charge on any atom is -0.357 e. The molecule has 2 aromatic rings. The smallest absolute Gasteiger partial charge is 0.253 e. The van der Waals surface area contributed by atoms with Crippen molar-refractivity contribution in [2.75, 3.05) is 20.6 Å². The summed E-state index contributed by atoms with van der Waals surface area (Å²) < 4.78 is 4.94. The van der Waals surface area contributed by atoms with Crippen molar-refractivity contribution in [2.24, 2.45) is 4.99 Å². The number of aliphatic imine (C=N–C) groups is 1. The number of amides is 1. The number of hydrogen-bond donors (Lipinski definition) is 2. The molecule has 1 heterocycles. The maximum absolute atomic E-state index is 11.9. The van der Waals surface area contributed by atoms with Gasteiger partial charge in [0.25, 0.3) is 5.91 Å². The molecule has 0 fully saturated rings. The van der Waals surface area contributed by atoms with Gasteiger partial charge in [-0.2, -0.15) is 4.98 Å². The Bertz CT molecular complexity index is 727. The molecular formula is C17H25IN6O2. The molecule has 2 rings (SSSR count). The summed E-state index contributed by atoms with van der Waals surface area (Å²) in [7, 11) is 3.47. The molecule has 9 heteroatoms. The van der Waals surface area contributed by atoms with Gasteiger partial charge in [-0.25, -0.2) is 4.99 Å². The van der Waals surface area contributed by atoms with Crippen LogP contribution < -0.4 is 10.6 Å². The Hall–Kier alpha value is -2.17. The third-order valence-corrected chi connectivity index (χ3v) is 3.35. The van der Waals surface area contributed by atoms with Crippen LogP contribution in [0.15, 0.2) is 33.8 Å². The molecule has 0 aliphatic heterocycles. The fourth-order valence-electron chi connectivity index (χ4n) is 2.10. The SMILES string of the molecule is CCNC(=NCc1ccc(C(=O)N(C)C)cc1)NCc1noc(C)n1.I. The van der Waals surface area contributed by atoms with Crippen LogP contribution in [0, 0.1) is 6.92 Å². The van der Waals surface area contributed by atoms with Crippen LogP contribution >= 0.6 is 24.0 Å². The van der Waals surface area contributed by atoms with E-state index in [4.69, 9.17) is 4.52 Å². The van der Waals surface area contributed by atoms with Gasteiger partial charge in [0.15, 0.2) is 11.8 Å². The Labute approximate surface area is 170 Å². The summed E-state index contributed by atoms with van der Waals surface area (Å²) >= 11 is 0. The van der Waals surface area contributed by atoms with Crippen molar-refractivity contribution in [3.8, 4) is 0 Å². The highest BCUT2D eigenvalue weighted by atomic mass is 127. The van der Waals surface area contributed by atoms with Crippen molar-refractivity contribution in [2.45, 2.75) is 26.9 Å². The van der Waals surface area contributed by atoms with Gasteiger partial charge in [0.2, 0.25) is 5.89 Å². The van der Waals surface area contributed by atoms with Crippen molar-refractivity contribution in [3.05, 3.63) is 47.1 Å². The second kappa shape index (κ2) is 10.7. The number of rotatable bonds is 6. The third kappa shape index (κ3) is 6.62. The molecule has 0 saturated heterocycles. The first-order valence-electron chi connectivity index (χ1n) is 8.11. The number of aryl methyl sites for hydroxylation is 1. The number of halogens is 1. The zero-order valence-corrected chi connectivity index (χ0v) is 17.8. The molecular weight excluding hydrogens is 447 g/mol. The summed E-state index contributed by atoms with van der Waals surface area (Å²) in [6, 6.07) is 7.45. The normalized spacial score (nSPS) is 10.8. The number of nitrogens with zero attached hydrogens (tertiary/aromatic N) is 4. The fraction of sp³-hybridized carbons (Fsp3) is 0.412. The van der Waals surface area contributed by atoms with Gasteiger partial charge in [-0.3, -0.25) is 4.79 Å². The zero-order valence-electron chi connectivity index (χ0n) is 15.4. The van der Waals surface area contributed by atoms with E-state index in [1.165, 1.54) is 0 Å². The van der Waals surface area contributed by atoms with Crippen molar-refractivity contribution < 1.29 is 9.32 Å². The van der Waals surface area contributed by atoms with E-state index in [-0.39, 0.29) is 29.9 Å². The number of hydrogen-bond acceptors (Lipinski definition) is 5. The summed E-state index contributed by atoms with van der Waals surface area (Å²) in [5.41, 5.74) is 1.68. The number of carbonyl (C=O) groups excluding carboxylic acids is 1. The molecule has 0 bridgehead atoms. The van der Waals surface area contributed by atoms with E-state index in [9.17, 15) is 4.79 Å². The molecule has 0 saturated carbocycles. The molecule has 0 unspecified atom stereocenters. The molecule has 142 valence electrons. The Morgan fingerprint density at radius 3 is 2.46 bits per heavy atom. The number of benzene rings is 1. The minimum absolute atomic E-state index is 0. The first-order chi connectivity index (χ1) is 12.0. The van der Waals surface area contributed by atoms with Crippen LogP contribution in [0.25, 0.3) is 0 Å². The van der Waals surface area contributed by atoms with E-state index in [0.29, 0.717) is 36.3 Å². The number of nitrogens with one attached hydrogen (secondary N) is 2. The molecule has 1 aromatic heterocycles. The lowest BCUT2D eigenvalue weighted by molar-refractivity contribution is 0.0827. The van der Waals surface area contributed by atoms with E-state index in [1.54, 1.807) is 25.9 Å². The Morgan fingerprint density at radius 1 is 1.23 bits per heavy atom. The largest absolute Gasteiger partial charge is 0.357 e. The van der Waals surface area contributed by atoms with Gasteiger partial charge < -0.3 is 20.1 Å². The summed E-state index contributed by atoms with van der Waals surface area (Å²) in [6.07, 6.45) is 0. The van der Waals surface area contributed by atoms with Crippen LogP contribution in [0.4, 0.5) is 0 Å². The maximum Gasteiger partial charge on any atom is 0.253 e. The molecule has 0 aliphatic carbocycles. The molecule has 8 nitrogen and oxygen atoms in total. The Kier molecular flexibility index (Phi) is 9.03. The van der Waals surface area contributed by atoms with Gasteiger partial charge in [0.05, 0.1) is 13.1 Å². The monoisotopic (exact) mass is 472 g/mol. The molecule has 0 radical (unpaired) electrons. The average Bonchev–Trinajstić information content (AvgIpc) is 3.02. The van der Waals surface area contributed by atoms with E-state index >= 15 is 0 Å². The molecule has 1 amide bonds. The van der Waals surface area contributed by atoms with E-state index in [1.807, 2.05) is 31.2 Å². The first-order valence-corrected chi connectivity index (χ1v) is 8.11. The van der Waals surface area contributed by atoms with Gasteiger partial charge >= 0.3 is 0 Å². The van der Waals surface area contributed by atoms with E-state index < -0.39 is 0 Å². The van der Waals surface area contributed by atoms with Gasteiger partial charge in [-0.05, 0) is 24.6 Å². The van der Waals surface area contributed by atoms with Crippen LogP contribution in [0.1, 0.15) is 34.6 Å². The highest BCUT2D eigenvalue weighted by molar-refractivity contribution is 14.0. The molecule has 26 heavy (non-hydrogen) atoms. The van der Waals surface area contributed by atoms with E-state index in [2.05, 4.69) is 25.8 Å². The van der Waals surface area contributed by atoms with Crippen LogP contribution in [-0.4, -0.2) is 47.5 Å². The second-order valence-corrected chi connectivity index (χ2v) is 5.67. The third-order valence-electron chi connectivity index (χ3n) is 3.35. The van der Waals surface area contributed by atoms with Crippen LogP contribution in [0.5, 0.6) is 0 Å². The number of carbonyl (C=O) groups is 1. The zero-order chi connectivity index (χ0) is 18.2.